The Morgan fingerprint density at radius 1 is 1.35 bits per heavy atom. The van der Waals surface area contributed by atoms with Crippen LogP contribution in [0.5, 0.6) is 11.6 Å². The summed E-state index contributed by atoms with van der Waals surface area (Å²) in [5, 5.41) is 26.9. The number of aromatic nitrogens is 1. The van der Waals surface area contributed by atoms with Crippen LogP contribution in [0.4, 0.5) is 17.6 Å². The molecule has 1 aromatic heterocycles. The maximum atomic E-state index is 12.5. The number of benzene rings is 1. The maximum Gasteiger partial charge on any atom is 0.574 e. The van der Waals surface area contributed by atoms with Crippen LogP contribution in [-0.4, -0.2) is 55.3 Å². The van der Waals surface area contributed by atoms with E-state index in [9.17, 15) is 26.9 Å². The largest absolute Gasteiger partial charge is 0.574 e. The van der Waals surface area contributed by atoms with E-state index in [4.69, 9.17) is 16.1 Å². The zero-order valence-electron chi connectivity index (χ0n) is 15.8. The molecule has 13 heteroatoms. The number of aliphatic hydroxyl groups is 1. The Balaban J connectivity index is 0.000000285. The molecule has 1 aliphatic heterocycles. The molecule has 8 nitrogen and oxygen atoms in total. The van der Waals surface area contributed by atoms with Gasteiger partial charge in [0.25, 0.3) is 0 Å². The second-order valence-corrected chi connectivity index (χ2v) is 7.93. The summed E-state index contributed by atoms with van der Waals surface area (Å²) in [5.74, 6) is -1.48. The molecule has 1 aliphatic rings. The van der Waals surface area contributed by atoms with Gasteiger partial charge in [-0.15, -0.1) is 13.2 Å². The molecule has 168 valence electrons. The lowest BCUT2D eigenvalue weighted by Crippen LogP contribution is -2.40. The van der Waals surface area contributed by atoms with E-state index in [0.29, 0.717) is 13.0 Å². The molecule has 2 atom stereocenters. The predicted molar refractivity (Wildman–Crippen MR) is 100 cm³/mol. The third kappa shape index (κ3) is 7.14. The number of hydrogen-bond donors (Lipinski definition) is 3. The first-order valence-electron chi connectivity index (χ1n) is 8.66. The number of nitrogens with zero attached hydrogens (tertiary/aromatic N) is 3. The molecule has 31 heavy (non-hydrogen) atoms. The van der Waals surface area contributed by atoms with Crippen LogP contribution in [0, 0.1) is 17.1 Å². The molecule has 2 heterocycles. The molecular formula is C18H18F4N4O4S. The number of nitriles is 1. The molecule has 2 aromatic rings. The first-order valence-corrected chi connectivity index (χ1v) is 9.77. The van der Waals surface area contributed by atoms with Gasteiger partial charge in [0.2, 0.25) is 5.88 Å². The van der Waals surface area contributed by atoms with Crippen molar-refractivity contribution in [2.75, 3.05) is 19.6 Å². The van der Waals surface area contributed by atoms with E-state index in [0.717, 1.165) is 18.3 Å². The van der Waals surface area contributed by atoms with E-state index in [1.807, 2.05) is 0 Å². The molecule has 4 N–H and O–H groups in total. The molecular weight excluding hydrogens is 444 g/mol. The first-order chi connectivity index (χ1) is 14.5. The number of ether oxygens (including phenoxy) is 1. The maximum absolute atomic E-state index is 12.5. The number of hydrogen-bond acceptors (Lipinski definition) is 7. The minimum atomic E-state index is -4.82. The highest BCUT2D eigenvalue weighted by atomic mass is 32.2. The average Bonchev–Trinajstić information content (AvgIpc) is 3.10. The highest BCUT2D eigenvalue weighted by Crippen LogP contribution is 2.25. The van der Waals surface area contributed by atoms with Gasteiger partial charge in [0.15, 0.2) is 0 Å². The molecule has 0 bridgehead atoms. The Morgan fingerprint density at radius 2 is 2.06 bits per heavy atom. The van der Waals surface area contributed by atoms with E-state index >= 15 is 0 Å². The lowest BCUT2D eigenvalue weighted by atomic mass is 10.1. The van der Waals surface area contributed by atoms with E-state index in [1.54, 1.807) is 6.07 Å². The number of β-amino-alcohol motifs (C(OH)–C–C–N with tert-alkyl or cyclic N) is 1. The van der Waals surface area contributed by atoms with Crippen LogP contribution in [0.2, 0.25) is 0 Å². The first kappa shape index (κ1) is 24.5. The highest BCUT2D eigenvalue weighted by molar-refractivity contribution is 7.82. The van der Waals surface area contributed by atoms with E-state index in [2.05, 4.69) is 9.72 Å². The highest BCUT2D eigenvalue weighted by Gasteiger charge is 2.37. The minimum Gasteiger partial charge on any atom is -0.508 e. The van der Waals surface area contributed by atoms with Gasteiger partial charge in [-0.05, 0) is 24.6 Å². The van der Waals surface area contributed by atoms with Gasteiger partial charge in [-0.3, -0.25) is 0 Å². The number of pyridine rings is 1. The summed E-state index contributed by atoms with van der Waals surface area (Å²) in [6.45, 7) is 0.565. The molecule has 0 aliphatic carbocycles. The third-order valence-corrected chi connectivity index (χ3v) is 5.54. The summed E-state index contributed by atoms with van der Waals surface area (Å²) in [6, 6.07) is 7.26. The Hall–Kier alpha value is -2.79. The van der Waals surface area contributed by atoms with Crippen LogP contribution in [0.25, 0.3) is 0 Å². The molecule has 0 radical (unpaired) electrons. The Labute approximate surface area is 177 Å². The fraction of sp³-hybridized carbons (Fsp3) is 0.333. The van der Waals surface area contributed by atoms with Crippen LogP contribution in [-0.2, 0) is 11.0 Å². The lowest BCUT2D eigenvalue weighted by Gasteiger charge is -2.20. The minimum absolute atomic E-state index is 0.0529. The molecule has 0 saturated carbocycles. The summed E-state index contributed by atoms with van der Waals surface area (Å²) in [7, 11) is -1.62. The number of rotatable bonds is 4. The molecule has 1 saturated heterocycles. The van der Waals surface area contributed by atoms with Gasteiger partial charge >= 0.3 is 6.36 Å². The summed E-state index contributed by atoms with van der Waals surface area (Å²) in [5.41, 5.74) is 4.30. The summed E-state index contributed by atoms with van der Waals surface area (Å²) < 4.78 is 65.8. The average molecular weight is 462 g/mol. The van der Waals surface area contributed by atoms with Crippen molar-refractivity contribution in [2.24, 2.45) is 5.73 Å². The second kappa shape index (κ2) is 10.0. The Kier molecular flexibility index (Phi) is 7.91. The SMILES string of the molecule is N#Cc1ccc(O)cc1F.NCC1(O)CCN(S(=O)c2ccc(OC(F)(F)F)nc2)C1. The van der Waals surface area contributed by atoms with Crippen molar-refractivity contribution in [1.29, 1.82) is 5.26 Å². The van der Waals surface area contributed by atoms with Gasteiger partial charge in [-0.1, -0.05) is 0 Å². The smallest absolute Gasteiger partial charge is 0.508 e. The van der Waals surface area contributed by atoms with Crippen molar-refractivity contribution in [2.45, 2.75) is 23.3 Å². The van der Waals surface area contributed by atoms with Crippen molar-refractivity contribution in [1.82, 2.24) is 9.29 Å². The van der Waals surface area contributed by atoms with Gasteiger partial charge in [-0.25, -0.2) is 17.9 Å². The molecule has 0 spiro atoms. The van der Waals surface area contributed by atoms with Gasteiger partial charge in [-0.2, -0.15) is 5.26 Å². The van der Waals surface area contributed by atoms with Crippen molar-refractivity contribution in [3.63, 3.8) is 0 Å². The Bertz CT molecular complexity index is 969. The molecule has 3 rings (SSSR count). The number of alkyl halides is 3. The van der Waals surface area contributed by atoms with Crippen molar-refractivity contribution in [3.8, 4) is 17.7 Å². The third-order valence-electron chi connectivity index (χ3n) is 4.12. The predicted octanol–water partition coefficient (Wildman–Crippen LogP) is 1.80. The monoisotopic (exact) mass is 462 g/mol. The molecule has 1 aromatic carbocycles. The molecule has 2 unspecified atom stereocenters. The Morgan fingerprint density at radius 3 is 2.55 bits per heavy atom. The van der Waals surface area contributed by atoms with E-state index < -0.39 is 34.6 Å². The zero-order chi connectivity index (χ0) is 23.2. The normalized spacial score (nSPS) is 19.8. The molecule has 0 amide bonds. The lowest BCUT2D eigenvalue weighted by molar-refractivity contribution is -0.276. The van der Waals surface area contributed by atoms with Crippen LogP contribution < -0.4 is 10.5 Å². The number of nitrogens with two attached hydrogens (primary N) is 1. The van der Waals surface area contributed by atoms with Crippen molar-refractivity contribution in [3.05, 3.63) is 47.9 Å². The summed E-state index contributed by atoms with van der Waals surface area (Å²) >= 11 is 0. The fourth-order valence-corrected chi connectivity index (χ4v) is 3.76. The van der Waals surface area contributed by atoms with Crippen LogP contribution in [0.3, 0.4) is 0 Å². The number of phenolic OH excluding ortho intramolecular Hbond substituents is 1. The zero-order valence-corrected chi connectivity index (χ0v) is 16.7. The van der Waals surface area contributed by atoms with Crippen LogP contribution in [0.15, 0.2) is 41.4 Å². The summed E-state index contributed by atoms with van der Waals surface area (Å²) in [4.78, 5) is 3.69. The van der Waals surface area contributed by atoms with Crippen LogP contribution in [0.1, 0.15) is 12.0 Å². The topological polar surface area (TPSA) is 133 Å². The van der Waals surface area contributed by atoms with Gasteiger partial charge in [0.1, 0.15) is 28.6 Å². The van der Waals surface area contributed by atoms with E-state index in [1.165, 1.54) is 22.5 Å². The summed E-state index contributed by atoms with van der Waals surface area (Å²) in [6.07, 6.45) is -3.38. The fourth-order valence-electron chi connectivity index (χ4n) is 2.52. The van der Waals surface area contributed by atoms with Gasteiger partial charge < -0.3 is 20.7 Å². The number of halogens is 4. The van der Waals surface area contributed by atoms with Gasteiger partial charge in [0.05, 0.1) is 16.1 Å². The van der Waals surface area contributed by atoms with E-state index in [-0.39, 0.29) is 29.3 Å². The number of aromatic hydroxyl groups is 1. The quantitative estimate of drug-likeness (QED) is 0.590. The van der Waals surface area contributed by atoms with Crippen molar-refractivity contribution < 1.29 is 36.7 Å². The van der Waals surface area contributed by atoms with Crippen LogP contribution >= 0.6 is 0 Å². The molecule has 1 fully saturated rings. The second-order valence-electron chi connectivity index (χ2n) is 6.45. The number of phenols is 1. The standard InChI is InChI=1S/C11H14F3N3O3S.C7H4FNO/c12-11(13,14)20-9-2-1-8(5-16-9)21(19)17-4-3-10(18,6-15)7-17;8-7-3-6(10)2-1-5(7)4-9/h1-2,5,18H,3-4,6-7,15H2;1-3,10H. The van der Waals surface area contributed by atoms with Gasteiger partial charge in [0, 0.05) is 38.0 Å². The van der Waals surface area contributed by atoms with Crippen molar-refractivity contribution >= 4 is 11.0 Å².